The number of hydrogen-bond acceptors (Lipinski definition) is 8. The van der Waals surface area contributed by atoms with Gasteiger partial charge in [-0.25, -0.2) is 0 Å². The molecular formula is C50H95NO8. The van der Waals surface area contributed by atoms with Crippen LogP contribution < -0.4 is 5.32 Å². The average molecular weight is 838 g/mol. The van der Waals surface area contributed by atoms with Crippen molar-refractivity contribution in [1.82, 2.24) is 5.32 Å². The van der Waals surface area contributed by atoms with Crippen molar-refractivity contribution in [3.63, 3.8) is 0 Å². The van der Waals surface area contributed by atoms with Crippen LogP contribution in [0.4, 0.5) is 0 Å². The highest BCUT2D eigenvalue weighted by Gasteiger charge is 2.44. The van der Waals surface area contributed by atoms with Crippen LogP contribution in [0.1, 0.15) is 232 Å². The fraction of sp³-hybridized carbons (Fsp3) is 0.900. The second kappa shape index (κ2) is 40.7. The summed E-state index contributed by atoms with van der Waals surface area (Å²) in [5.41, 5.74) is 0. The molecule has 1 aliphatic rings. The molecule has 0 spiro atoms. The second-order valence-electron chi connectivity index (χ2n) is 17.6. The summed E-state index contributed by atoms with van der Waals surface area (Å²) < 4.78 is 11.2. The highest BCUT2D eigenvalue weighted by Crippen LogP contribution is 2.23. The third-order valence-corrected chi connectivity index (χ3v) is 12.0. The summed E-state index contributed by atoms with van der Waals surface area (Å²) in [5.74, 6) is -0.184. The number of rotatable bonds is 42. The van der Waals surface area contributed by atoms with Crippen LogP contribution in [0.3, 0.4) is 0 Å². The highest BCUT2D eigenvalue weighted by atomic mass is 16.7. The largest absolute Gasteiger partial charge is 0.394 e. The maximum Gasteiger partial charge on any atom is 0.220 e. The van der Waals surface area contributed by atoms with Crippen molar-refractivity contribution >= 4 is 5.91 Å². The van der Waals surface area contributed by atoms with E-state index in [4.69, 9.17) is 9.47 Å². The topological polar surface area (TPSA) is 149 Å². The van der Waals surface area contributed by atoms with E-state index in [1.807, 2.05) is 6.08 Å². The van der Waals surface area contributed by atoms with E-state index in [2.05, 4.69) is 31.3 Å². The van der Waals surface area contributed by atoms with E-state index in [1.165, 1.54) is 173 Å². The second-order valence-corrected chi connectivity index (χ2v) is 17.6. The van der Waals surface area contributed by atoms with Crippen molar-refractivity contribution < 1.29 is 39.8 Å². The minimum atomic E-state index is -1.57. The molecule has 9 nitrogen and oxygen atoms in total. The standard InChI is InChI=1S/C50H95NO8/c1-3-5-7-9-11-13-15-17-18-19-20-21-22-23-24-25-26-28-30-32-34-36-38-40-46(54)51-43(42-58-50-49(57)48(56)47(55)45(41-52)59-50)44(53)39-37-35-33-31-29-27-16-14-12-10-8-6-4-2/h29,31,37,39,43-45,47-50,52-53,55-57H,3-28,30,32-36,38,40-42H2,1-2H3,(H,51,54)/b31-29+,39-37+/t43?,44?,45-,47-,48+,49-,50?/m1/s1. The molecule has 6 N–H and O–H groups in total. The maximum atomic E-state index is 13.0. The van der Waals surface area contributed by atoms with E-state index in [0.717, 1.165) is 38.5 Å². The van der Waals surface area contributed by atoms with Gasteiger partial charge in [0.15, 0.2) is 6.29 Å². The molecule has 9 heteroatoms. The predicted octanol–water partition coefficient (Wildman–Crippen LogP) is 11.1. The van der Waals surface area contributed by atoms with E-state index >= 15 is 0 Å². The zero-order chi connectivity index (χ0) is 43.0. The van der Waals surface area contributed by atoms with Gasteiger partial charge in [-0.15, -0.1) is 0 Å². The third-order valence-electron chi connectivity index (χ3n) is 12.0. The zero-order valence-electron chi connectivity index (χ0n) is 38.3. The molecule has 0 radical (unpaired) electrons. The van der Waals surface area contributed by atoms with Gasteiger partial charge in [-0.05, 0) is 32.1 Å². The minimum absolute atomic E-state index is 0.184. The van der Waals surface area contributed by atoms with E-state index in [1.54, 1.807) is 6.08 Å². The van der Waals surface area contributed by atoms with Crippen LogP contribution in [0.25, 0.3) is 0 Å². The molecule has 3 unspecified atom stereocenters. The number of amides is 1. The monoisotopic (exact) mass is 838 g/mol. The SMILES string of the molecule is CCCCCCCCC/C=C/CC/C=C/C(O)C(COC1O[C@H](CO)[C@@H](O)[C@H](O)[C@H]1O)NC(=O)CCCCCCCCCCCCCCCCCCCCCCCCC. The van der Waals surface area contributed by atoms with Gasteiger partial charge < -0.3 is 40.3 Å². The first-order valence-electron chi connectivity index (χ1n) is 25.1. The molecule has 348 valence electrons. The van der Waals surface area contributed by atoms with Gasteiger partial charge in [0, 0.05) is 6.42 Å². The number of aliphatic hydroxyl groups is 5. The molecule has 1 amide bonds. The summed E-state index contributed by atoms with van der Waals surface area (Å²) in [7, 11) is 0. The Morgan fingerprint density at radius 1 is 0.559 bits per heavy atom. The zero-order valence-corrected chi connectivity index (χ0v) is 38.3. The molecule has 0 saturated carbocycles. The quantitative estimate of drug-likeness (QED) is 0.0263. The predicted molar refractivity (Wildman–Crippen MR) is 244 cm³/mol. The Labute approximate surface area is 362 Å². The molecule has 0 aromatic heterocycles. The lowest BCUT2D eigenvalue weighted by atomic mass is 9.99. The minimum Gasteiger partial charge on any atom is -0.394 e. The van der Waals surface area contributed by atoms with Gasteiger partial charge in [-0.3, -0.25) is 4.79 Å². The van der Waals surface area contributed by atoms with Crippen LogP contribution in [0.15, 0.2) is 24.3 Å². The van der Waals surface area contributed by atoms with Crippen LogP contribution in [0.2, 0.25) is 0 Å². The lowest BCUT2D eigenvalue weighted by molar-refractivity contribution is -0.302. The van der Waals surface area contributed by atoms with Crippen LogP contribution in [-0.4, -0.2) is 87.5 Å². The van der Waals surface area contributed by atoms with Gasteiger partial charge >= 0.3 is 0 Å². The Morgan fingerprint density at radius 3 is 1.42 bits per heavy atom. The Kier molecular flexibility index (Phi) is 38.4. The van der Waals surface area contributed by atoms with Crippen LogP contribution >= 0.6 is 0 Å². The van der Waals surface area contributed by atoms with Crippen molar-refractivity contribution in [2.75, 3.05) is 13.2 Å². The Morgan fingerprint density at radius 2 is 0.966 bits per heavy atom. The lowest BCUT2D eigenvalue weighted by Crippen LogP contribution is -2.60. The van der Waals surface area contributed by atoms with E-state index in [9.17, 15) is 30.3 Å². The highest BCUT2D eigenvalue weighted by molar-refractivity contribution is 5.76. The number of unbranched alkanes of at least 4 members (excludes halogenated alkanes) is 30. The van der Waals surface area contributed by atoms with Crippen LogP contribution in [-0.2, 0) is 14.3 Å². The molecular weight excluding hydrogens is 743 g/mol. The molecule has 1 aliphatic heterocycles. The fourth-order valence-corrected chi connectivity index (χ4v) is 8.00. The summed E-state index contributed by atoms with van der Waals surface area (Å²) >= 11 is 0. The summed E-state index contributed by atoms with van der Waals surface area (Å²) in [6.45, 7) is 3.76. The first-order valence-corrected chi connectivity index (χ1v) is 25.1. The number of allylic oxidation sites excluding steroid dienone is 3. The van der Waals surface area contributed by atoms with Crippen molar-refractivity contribution in [2.24, 2.45) is 0 Å². The number of aliphatic hydroxyl groups excluding tert-OH is 5. The molecule has 1 fully saturated rings. The van der Waals surface area contributed by atoms with Gasteiger partial charge in [-0.2, -0.15) is 0 Å². The van der Waals surface area contributed by atoms with Crippen molar-refractivity contribution in [3.05, 3.63) is 24.3 Å². The first-order chi connectivity index (χ1) is 28.8. The summed E-state index contributed by atoms with van der Waals surface area (Å²) in [5, 5.41) is 54.2. The fourth-order valence-electron chi connectivity index (χ4n) is 8.00. The molecule has 7 atom stereocenters. The van der Waals surface area contributed by atoms with Crippen LogP contribution in [0.5, 0.6) is 0 Å². The van der Waals surface area contributed by atoms with Crippen LogP contribution in [0, 0.1) is 0 Å². The van der Waals surface area contributed by atoms with Gasteiger partial charge in [0.2, 0.25) is 5.91 Å². The smallest absolute Gasteiger partial charge is 0.220 e. The van der Waals surface area contributed by atoms with Crippen molar-refractivity contribution in [3.8, 4) is 0 Å². The Balaban J connectivity index is 2.26. The van der Waals surface area contributed by atoms with E-state index in [-0.39, 0.29) is 12.5 Å². The Hall–Kier alpha value is -1.33. The maximum absolute atomic E-state index is 13.0. The molecule has 0 aromatic rings. The molecule has 0 bridgehead atoms. The summed E-state index contributed by atoms with van der Waals surface area (Å²) in [6, 6.07) is -0.816. The van der Waals surface area contributed by atoms with Gasteiger partial charge in [-0.1, -0.05) is 218 Å². The summed E-state index contributed by atoms with van der Waals surface area (Å²) in [6.07, 6.45) is 42.4. The number of carbonyl (C=O) groups is 1. The summed E-state index contributed by atoms with van der Waals surface area (Å²) in [4.78, 5) is 13.0. The average Bonchev–Trinajstić information content (AvgIpc) is 3.23. The normalized spacial score (nSPS) is 20.8. The van der Waals surface area contributed by atoms with Gasteiger partial charge in [0.05, 0.1) is 25.4 Å². The van der Waals surface area contributed by atoms with Crippen molar-refractivity contribution in [1.29, 1.82) is 0 Å². The molecule has 59 heavy (non-hydrogen) atoms. The van der Waals surface area contributed by atoms with E-state index in [0.29, 0.717) is 6.42 Å². The van der Waals surface area contributed by atoms with Crippen molar-refractivity contribution in [2.45, 2.75) is 275 Å². The first kappa shape index (κ1) is 55.7. The molecule has 1 rings (SSSR count). The van der Waals surface area contributed by atoms with Gasteiger partial charge in [0.25, 0.3) is 0 Å². The number of nitrogens with one attached hydrogen (secondary N) is 1. The molecule has 0 aliphatic carbocycles. The molecule has 0 aromatic carbocycles. The lowest BCUT2D eigenvalue weighted by Gasteiger charge is -2.40. The number of carbonyl (C=O) groups excluding carboxylic acids is 1. The number of hydrogen-bond donors (Lipinski definition) is 6. The molecule has 1 heterocycles. The third kappa shape index (κ3) is 31.2. The van der Waals surface area contributed by atoms with E-state index < -0.39 is 49.5 Å². The number of ether oxygens (including phenoxy) is 2. The molecule has 1 saturated heterocycles. The Bertz CT molecular complexity index is 977. The van der Waals surface area contributed by atoms with Gasteiger partial charge in [0.1, 0.15) is 24.4 Å².